The van der Waals surface area contributed by atoms with Crippen molar-refractivity contribution >= 4 is 5.83 Å². The first-order valence-corrected chi connectivity index (χ1v) is 6.59. The number of rotatable bonds is 3. The minimum Gasteiger partial charge on any atom is -0.394 e. The summed E-state index contributed by atoms with van der Waals surface area (Å²) in [5, 5.41) is 28.6. The molecule has 1 saturated heterocycles. The minimum absolute atomic E-state index is 0.233. The van der Waals surface area contributed by atoms with Crippen molar-refractivity contribution in [2.24, 2.45) is 0 Å². The third-order valence-corrected chi connectivity index (χ3v) is 3.43. The predicted octanol–water partition coefficient (Wildman–Crippen LogP) is -1.13. The summed E-state index contributed by atoms with van der Waals surface area (Å²) in [4.78, 5) is 25.5. The van der Waals surface area contributed by atoms with E-state index in [0.29, 0.717) is 0 Å². The van der Waals surface area contributed by atoms with Crippen molar-refractivity contribution in [3.63, 3.8) is 0 Å². The van der Waals surface area contributed by atoms with Crippen LogP contribution < -0.4 is 11.2 Å². The van der Waals surface area contributed by atoms with Crippen LogP contribution in [0.2, 0.25) is 0 Å². The largest absolute Gasteiger partial charge is 0.394 e. The second kappa shape index (κ2) is 6.13. The maximum absolute atomic E-state index is 14.0. The number of aliphatic hydroxyl groups is 3. The Bertz CT molecular complexity index is 705. The van der Waals surface area contributed by atoms with Crippen molar-refractivity contribution in [2.45, 2.75) is 38.4 Å². The van der Waals surface area contributed by atoms with Crippen LogP contribution >= 0.6 is 0 Å². The highest BCUT2D eigenvalue weighted by molar-refractivity contribution is 5.59. The molecule has 122 valence electrons. The molecule has 0 aromatic carbocycles. The molecule has 2 rings (SSSR count). The second-order valence-corrected chi connectivity index (χ2v) is 5.25. The SMILES string of the molecule is CC(C)=C(F)c1cn([C@H]2O[C@@H](CO)C(O)C2O)c(=O)[nH]c1=O. The molecule has 0 bridgehead atoms. The fourth-order valence-electron chi connectivity index (χ4n) is 2.21. The minimum atomic E-state index is -1.51. The Morgan fingerprint density at radius 3 is 2.50 bits per heavy atom. The number of aromatic nitrogens is 2. The number of ether oxygens (including phenoxy) is 1. The van der Waals surface area contributed by atoms with E-state index in [9.17, 15) is 24.2 Å². The molecule has 4 N–H and O–H groups in total. The summed E-state index contributed by atoms with van der Waals surface area (Å²) < 4.78 is 20.0. The van der Waals surface area contributed by atoms with E-state index in [1.807, 2.05) is 4.98 Å². The van der Waals surface area contributed by atoms with Crippen LogP contribution in [0.4, 0.5) is 4.39 Å². The number of allylic oxidation sites excluding steroid dienone is 1. The zero-order valence-corrected chi connectivity index (χ0v) is 12.0. The molecule has 1 aliphatic heterocycles. The van der Waals surface area contributed by atoms with E-state index in [2.05, 4.69) is 0 Å². The summed E-state index contributed by atoms with van der Waals surface area (Å²) in [6, 6.07) is 0. The second-order valence-electron chi connectivity index (χ2n) is 5.25. The molecule has 1 fully saturated rings. The lowest BCUT2D eigenvalue weighted by Crippen LogP contribution is -2.38. The maximum atomic E-state index is 14.0. The number of halogens is 1. The van der Waals surface area contributed by atoms with Gasteiger partial charge in [-0.25, -0.2) is 9.18 Å². The lowest BCUT2D eigenvalue weighted by molar-refractivity contribution is -0.0550. The molecule has 9 heteroatoms. The van der Waals surface area contributed by atoms with E-state index in [0.717, 1.165) is 10.8 Å². The van der Waals surface area contributed by atoms with E-state index >= 15 is 0 Å². The highest BCUT2D eigenvalue weighted by Gasteiger charge is 2.43. The Labute approximate surface area is 124 Å². The van der Waals surface area contributed by atoms with E-state index in [1.54, 1.807) is 0 Å². The van der Waals surface area contributed by atoms with E-state index < -0.39 is 53.8 Å². The Morgan fingerprint density at radius 1 is 1.36 bits per heavy atom. The Hall–Kier alpha value is -1.81. The van der Waals surface area contributed by atoms with E-state index in [1.165, 1.54) is 13.8 Å². The molecular formula is C13H17FN2O6. The summed E-state index contributed by atoms with van der Waals surface area (Å²) in [6.45, 7) is 2.34. The zero-order chi connectivity index (χ0) is 16.6. The van der Waals surface area contributed by atoms with Crippen molar-refractivity contribution in [1.82, 2.24) is 9.55 Å². The fourth-order valence-corrected chi connectivity index (χ4v) is 2.21. The Balaban J connectivity index is 2.53. The first kappa shape index (κ1) is 16.6. The highest BCUT2D eigenvalue weighted by atomic mass is 19.1. The van der Waals surface area contributed by atoms with Crippen LogP contribution in [-0.4, -0.2) is 49.8 Å². The normalized spacial score (nSPS) is 27.9. The van der Waals surface area contributed by atoms with Crippen LogP contribution in [0.1, 0.15) is 25.6 Å². The maximum Gasteiger partial charge on any atom is 0.330 e. The first-order chi connectivity index (χ1) is 10.3. The molecule has 22 heavy (non-hydrogen) atoms. The van der Waals surface area contributed by atoms with E-state index in [-0.39, 0.29) is 5.57 Å². The van der Waals surface area contributed by atoms with Crippen molar-refractivity contribution < 1.29 is 24.4 Å². The number of nitrogens with one attached hydrogen (secondary N) is 1. The average molecular weight is 316 g/mol. The van der Waals surface area contributed by atoms with Crippen LogP contribution in [-0.2, 0) is 4.74 Å². The topological polar surface area (TPSA) is 125 Å². The van der Waals surface area contributed by atoms with Gasteiger partial charge in [-0.15, -0.1) is 0 Å². The highest BCUT2D eigenvalue weighted by Crippen LogP contribution is 2.28. The fraction of sp³-hybridized carbons (Fsp3) is 0.538. The number of nitrogens with zero attached hydrogens (tertiary/aromatic N) is 1. The summed E-state index contributed by atoms with van der Waals surface area (Å²) in [6.07, 6.45) is -4.44. The van der Waals surface area contributed by atoms with Gasteiger partial charge in [0.1, 0.15) is 24.1 Å². The van der Waals surface area contributed by atoms with Gasteiger partial charge in [0.15, 0.2) is 6.23 Å². The molecule has 0 amide bonds. The lowest BCUT2D eigenvalue weighted by atomic mass is 10.1. The van der Waals surface area contributed by atoms with Crippen LogP contribution in [0.25, 0.3) is 5.83 Å². The standard InChI is InChI=1S/C13H17FN2O6/c1-5(2)8(14)6-3-16(13(21)15-11(6)20)12-10(19)9(18)7(4-17)22-12/h3,7,9-10,12,17-19H,4H2,1-2H3,(H,15,20,21)/t7-,9?,10?,12-/m0/s1. The molecule has 0 spiro atoms. The molecule has 0 saturated carbocycles. The summed E-state index contributed by atoms with van der Waals surface area (Å²) in [5.41, 5.74) is -1.99. The molecule has 0 radical (unpaired) electrons. The summed E-state index contributed by atoms with van der Waals surface area (Å²) in [5.74, 6) is -0.804. The summed E-state index contributed by atoms with van der Waals surface area (Å²) >= 11 is 0. The molecule has 1 aliphatic rings. The average Bonchev–Trinajstić information content (AvgIpc) is 2.74. The monoisotopic (exact) mass is 316 g/mol. The third kappa shape index (κ3) is 2.75. The molecule has 1 aromatic heterocycles. The van der Waals surface area contributed by atoms with Crippen LogP contribution in [0, 0.1) is 0 Å². The molecule has 2 unspecified atom stereocenters. The van der Waals surface area contributed by atoms with Crippen LogP contribution in [0.15, 0.2) is 21.4 Å². The number of H-pyrrole nitrogens is 1. The molecule has 4 atom stereocenters. The van der Waals surface area contributed by atoms with Crippen LogP contribution in [0.5, 0.6) is 0 Å². The number of hydrogen-bond donors (Lipinski definition) is 4. The molecule has 8 nitrogen and oxygen atoms in total. The quantitative estimate of drug-likeness (QED) is 0.559. The summed E-state index contributed by atoms with van der Waals surface area (Å²) in [7, 11) is 0. The molecule has 0 aliphatic carbocycles. The molecule has 1 aromatic rings. The van der Waals surface area contributed by atoms with E-state index in [4.69, 9.17) is 9.84 Å². The van der Waals surface area contributed by atoms with Crippen molar-refractivity contribution in [3.8, 4) is 0 Å². The van der Waals surface area contributed by atoms with Gasteiger partial charge in [0.2, 0.25) is 0 Å². The van der Waals surface area contributed by atoms with Crippen molar-refractivity contribution in [2.75, 3.05) is 6.61 Å². The number of aromatic amines is 1. The van der Waals surface area contributed by atoms with Gasteiger partial charge in [0.05, 0.1) is 12.2 Å². The molecular weight excluding hydrogens is 299 g/mol. The zero-order valence-electron chi connectivity index (χ0n) is 12.0. The van der Waals surface area contributed by atoms with Gasteiger partial charge in [0.25, 0.3) is 5.56 Å². The molecule has 2 heterocycles. The predicted molar refractivity (Wildman–Crippen MR) is 73.7 cm³/mol. The van der Waals surface area contributed by atoms with Crippen molar-refractivity contribution in [3.05, 3.63) is 38.2 Å². The van der Waals surface area contributed by atoms with Gasteiger partial charge in [-0.2, -0.15) is 0 Å². The van der Waals surface area contributed by atoms with Crippen molar-refractivity contribution in [1.29, 1.82) is 0 Å². The lowest BCUT2D eigenvalue weighted by Gasteiger charge is -2.17. The van der Waals surface area contributed by atoms with Gasteiger partial charge < -0.3 is 20.1 Å². The first-order valence-electron chi connectivity index (χ1n) is 6.59. The smallest absolute Gasteiger partial charge is 0.330 e. The van der Waals surface area contributed by atoms with Gasteiger partial charge in [-0.3, -0.25) is 14.3 Å². The Kier molecular flexibility index (Phi) is 4.61. The Morgan fingerprint density at radius 2 is 2.00 bits per heavy atom. The third-order valence-electron chi connectivity index (χ3n) is 3.43. The van der Waals surface area contributed by atoms with Gasteiger partial charge >= 0.3 is 5.69 Å². The number of hydrogen-bond acceptors (Lipinski definition) is 6. The number of aliphatic hydroxyl groups excluding tert-OH is 3. The van der Waals surface area contributed by atoms with Gasteiger partial charge in [-0.1, -0.05) is 0 Å². The van der Waals surface area contributed by atoms with Crippen LogP contribution in [0.3, 0.4) is 0 Å². The van der Waals surface area contributed by atoms with Gasteiger partial charge in [0, 0.05) is 6.20 Å². The van der Waals surface area contributed by atoms with Gasteiger partial charge in [-0.05, 0) is 19.4 Å².